The summed E-state index contributed by atoms with van der Waals surface area (Å²) in [5, 5.41) is 13.2. The van der Waals surface area contributed by atoms with Crippen LogP contribution >= 0.6 is 0 Å². The number of tetrazole rings is 1. The van der Waals surface area contributed by atoms with Gasteiger partial charge in [-0.3, -0.25) is 9.59 Å². The molecular weight excluding hydrogens is 418 g/mol. The molecule has 8 heteroatoms. The van der Waals surface area contributed by atoms with Crippen LogP contribution in [0.25, 0.3) is 22.4 Å². The Morgan fingerprint density at radius 2 is 1.76 bits per heavy atom. The molecule has 0 fully saturated rings. The van der Waals surface area contributed by atoms with Crippen LogP contribution in [0, 0.1) is 6.92 Å². The Morgan fingerprint density at radius 3 is 2.42 bits per heavy atom. The standard InChI is InChI=1S/C25H25N5O3/c1-3-4-13-33-19-11-9-18(10-12-19)22-14-20(17-7-5-16(2)6-8-17)21(25(32)26-22)15-23(31)24-27-29-30-28-24/h5-12,14H,3-4,13,15H2,1-2H3,(H,26,32)(H,27,28,29,30). The largest absolute Gasteiger partial charge is 0.494 e. The van der Waals surface area contributed by atoms with E-state index in [0.29, 0.717) is 23.4 Å². The number of unbranched alkanes of at least 4 members (excludes halogenated alkanes) is 1. The van der Waals surface area contributed by atoms with Gasteiger partial charge in [0.25, 0.3) is 5.56 Å². The Morgan fingerprint density at radius 1 is 1.03 bits per heavy atom. The Balaban J connectivity index is 1.72. The quantitative estimate of drug-likeness (QED) is 0.297. The highest BCUT2D eigenvalue weighted by molar-refractivity contribution is 5.95. The van der Waals surface area contributed by atoms with E-state index in [4.69, 9.17) is 4.74 Å². The summed E-state index contributed by atoms with van der Waals surface area (Å²) in [5.41, 5.74) is 4.18. The molecule has 4 rings (SSSR count). The van der Waals surface area contributed by atoms with Crippen LogP contribution in [0.2, 0.25) is 0 Å². The van der Waals surface area contributed by atoms with Gasteiger partial charge in [0.15, 0.2) is 0 Å². The van der Waals surface area contributed by atoms with Crippen LogP contribution in [0.3, 0.4) is 0 Å². The Hall–Kier alpha value is -4.07. The maximum absolute atomic E-state index is 13.1. The zero-order valence-electron chi connectivity index (χ0n) is 18.6. The number of ketones is 1. The molecule has 2 aromatic heterocycles. The molecule has 8 nitrogen and oxygen atoms in total. The average molecular weight is 444 g/mol. The van der Waals surface area contributed by atoms with Gasteiger partial charge in [0.1, 0.15) is 5.75 Å². The van der Waals surface area contributed by atoms with E-state index < -0.39 is 0 Å². The summed E-state index contributed by atoms with van der Waals surface area (Å²) in [6, 6.07) is 17.3. The van der Waals surface area contributed by atoms with Gasteiger partial charge in [-0.25, -0.2) is 0 Å². The summed E-state index contributed by atoms with van der Waals surface area (Å²) in [6.45, 7) is 4.79. The van der Waals surface area contributed by atoms with Gasteiger partial charge in [-0.1, -0.05) is 43.2 Å². The van der Waals surface area contributed by atoms with E-state index in [1.807, 2.05) is 61.5 Å². The summed E-state index contributed by atoms with van der Waals surface area (Å²) in [7, 11) is 0. The normalized spacial score (nSPS) is 10.8. The summed E-state index contributed by atoms with van der Waals surface area (Å²) in [6.07, 6.45) is 1.93. The molecule has 0 aliphatic rings. The second kappa shape index (κ2) is 10.0. The van der Waals surface area contributed by atoms with Crippen molar-refractivity contribution in [1.29, 1.82) is 0 Å². The molecule has 4 aromatic rings. The van der Waals surface area contributed by atoms with Crippen molar-refractivity contribution in [3.8, 4) is 28.1 Å². The van der Waals surface area contributed by atoms with Gasteiger partial charge < -0.3 is 9.72 Å². The second-order valence-electron chi connectivity index (χ2n) is 7.83. The monoisotopic (exact) mass is 443 g/mol. The molecule has 0 unspecified atom stereocenters. The maximum atomic E-state index is 13.1. The number of ether oxygens (including phenoxy) is 1. The number of nitrogens with one attached hydrogen (secondary N) is 2. The first-order chi connectivity index (χ1) is 16.0. The first kappa shape index (κ1) is 22.1. The van der Waals surface area contributed by atoms with Crippen LogP contribution in [0.5, 0.6) is 5.75 Å². The lowest BCUT2D eigenvalue weighted by atomic mass is 9.95. The fraction of sp³-hybridized carbons (Fsp3) is 0.240. The van der Waals surface area contributed by atoms with Crippen molar-refractivity contribution in [3.63, 3.8) is 0 Å². The van der Waals surface area contributed by atoms with E-state index in [-0.39, 0.29) is 23.6 Å². The molecule has 0 aliphatic carbocycles. The van der Waals surface area contributed by atoms with Gasteiger partial charge in [-0.15, -0.1) is 10.2 Å². The zero-order chi connectivity index (χ0) is 23.2. The number of nitrogens with zero attached hydrogens (tertiary/aromatic N) is 3. The molecule has 33 heavy (non-hydrogen) atoms. The molecule has 168 valence electrons. The van der Waals surface area contributed by atoms with E-state index in [1.54, 1.807) is 0 Å². The fourth-order valence-corrected chi connectivity index (χ4v) is 3.49. The lowest BCUT2D eigenvalue weighted by Crippen LogP contribution is -2.19. The number of rotatable bonds is 9. The lowest BCUT2D eigenvalue weighted by molar-refractivity contribution is 0.0983. The Kier molecular flexibility index (Phi) is 6.73. The number of aryl methyl sites for hydroxylation is 1. The predicted octanol–water partition coefficient (Wildman–Crippen LogP) is 4.13. The highest BCUT2D eigenvalue weighted by Crippen LogP contribution is 2.28. The van der Waals surface area contributed by atoms with E-state index in [0.717, 1.165) is 35.3 Å². The summed E-state index contributed by atoms with van der Waals surface area (Å²) in [4.78, 5) is 28.7. The molecule has 0 aliphatic heterocycles. The Labute approximate surface area is 191 Å². The smallest absolute Gasteiger partial charge is 0.252 e. The third-order valence-corrected chi connectivity index (χ3v) is 5.36. The van der Waals surface area contributed by atoms with Gasteiger partial charge >= 0.3 is 0 Å². The molecule has 0 amide bonds. The highest BCUT2D eigenvalue weighted by atomic mass is 16.5. The molecule has 2 heterocycles. The molecule has 2 N–H and O–H groups in total. The highest BCUT2D eigenvalue weighted by Gasteiger charge is 2.19. The second-order valence-corrected chi connectivity index (χ2v) is 7.83. The number of carbonyl (C=O) groups is 1. The molecule has 0 atom stereocenters. The topological polar surface area (TPSA) is 114 Å². The van der Waals surface area contributed by atoms with Gasteiger partial charge in [0.2, 0.25) is 11.6 Å². The van der Waals surface area contributed by atoms with E-state index in [1.165, 1.54) is 0 Å². The van der Waals surface area contributed by atoms with Crippen LogP contribution in [-0.4, -0.2) is 38.0 Å². The number of Topliss-reactive ketones (excluding diaryl/α,β-unsaturated/α-hetero) is 1. The first-order valence-electron chi connectivity index (χ1n) is 10.9. The lowest BCUT2D eigenvalue weighted by Gasteiger charge is -2.12. The van der Waals surface area contributed by atoms with Crippen molar-refractivity contribution in [1.82, 2.24) is 25.6 Å². The third kappa shape index (κ3) is 5.23. The number of hydrogen-bond donors (Lipinski definition) is 2. The number of hydrogen-bond acceptors (Lipinski definition) is 6. The SMILES string of the molecule is CCCCOc1ccc(-c2cc(-c3ccc(C)cc3)c(CC(=O)c3nn[nH]n3)c(=O)[nH]2)cc1. The van der Waals surface area contributed by atoms with Crippen molar-refractivity contribution < 1.29 is 9.53 Å². The molecule has 0 saturated carbocycles. The number of pyridine rings is 1. The number of aromatic nitrogens is 5. The predicted molar refractivity (Wildman–Crippen MR) is 125 cm³/mol. The van der Waals surface area contributed by atoms with Crippen LogP contribution in [0.1, 0.15) is 41.5 Å². The van der Waals surface area contributed by atoms with Gasteiger partial charge in [-0.2, -0.15) is 5.21 Å². The summed E-state index contributed by atoms with van der Waals surface area (Å²) < 4.78 is 5.73. The van der Waals surface area contributed by atoms with Crippen molar-refractivity contribution in [2.75, 3.05) is 6.61 Å². The van der Waals surface area contributed by atoms with Crippen LogP contribution < -0.4 is 10.3 Å². The number of benzene rings is 2. The molecule has 0 bridgehead atoms. The van der Waals surface area contributed by atoms with Crippen LogP contribution in [0.4, 0.5) is 0 Å². The molecule has 0 radical (unpaired) electrons. The third-order valence-electron chi connectivity index (χ3n) is 5.36. The van der Waals surface area contributed by atoms with Crippen molar-refractivity contribution in [3.05, 3.63) is 81.9 Å². The van der Waals surface area contributed by atoms with Crippen LogP contribution in [-0.2, 0) is 6.42 Å². The number of H-pyrrole nitrogens is 2. The van der Waals surface area contributed by atoms with E-state index in [2.05, 4.69) is 32.5 Å². The molecule has 0 spiro atoms. The molecular formula is C25H25N5O3. The zero-order valence-corrected chi connectivity index (χ0v) is 18.6. The minimum Gasteiger partial charge on any atom is -0.494 e. The molecule has 0 saturated heterocycles. The average Bonchev–Trinajstić information content (AvgIpc) is 3.37. The summed E-state index contributed by atoms with van der Waals surface area (Å²) in [5.74, 6) is 0.353. The van der Waals surface area contributed by atoms with Crippen molar-refractivity contribution >= 4 is 5.78 Å². The van der Waals surface area contributed by atoms with E-state index >= 15 is 0 Å². The van der Waals surface area contributed by atoms with Gasteiger partial charge in [0, 0.05) is 17.7 Å². The van der Waals surface area contributed by atoms with Crippen LogP contribution in [0.15, 0.2) is 59.4 Å². The van der Waals surface area contributed by atoms with Gasteiger partial charge in [-0.05, 0) is 65.6 Å². The Bertz CT molecular complexity index is 1280. The fourth-order valence-electron chi connectivity index (χ4n) is 3.49. The van der Waals surface area contributed by atoms with Crippen molar-refractivity contribution in [2.45, 2.75) is 33.1 Å². The maximum Gasteiger partial charge on any atom is 0.252 e. The minimum atomic E-state index is -0.385. The number of carbonyl (C=O) groups excluding carboxylic acids is 1. The summed E-state index contributed by atoms with van der Waals surface area (Å²) >= 11 is 0. The number of aromatic amines is 2. The van der Waals surface area contributed by atoms with E-state index in [9.17, 15) is 9.59 Å². The first-order valence-corrected chi connectivity index (χ1v) is 10.9. The minimum absolute atomic E-state index is 0.0491. The van der Waals surface area contributed by atoms with Gasteiger partial charge in [0.05, 0.1) is 6.61 Å². The van der Waals surface area contributed by atoms with Crippen molar-refractivity contribution in [2.24, 2.45) is 0 Å². The molecule has 2 aromatic carbocycles.